The number of primary amides is 1. The average Bonchev–Trinajstić information content (AvgIpc) is 2.85. The van der Waals surface area contributed by atoms with Gasteiger partial charge in [-0.15, -0.1) is 0 Å². The molecule has 1 unspecified atom stereocenters. The molecule has 1 aromatic carbocycles. The molecule has 1 fully saturated rings. The Hall–Kier alpha value is -2.04. The molecule has 1 atom stereocenters. The molecule has 1 heterocycles. The van der Waals surface area contributed by atoms with E-state index in [4.69, 9.17) is 5.73 Å². The predicted molar refractivity (Wildman–Crippen MR) is 76.7 cm³/mol. The zero-order valence-corrected chi connectivity index (χ0v) is 11.8. The highest BCUT2D eigenvalue weighted by Crippen LogP contribution is 2.39. The Morgan fingerprint density at radius 1 is 1.30 bits per heavy atom. The number of hydrogen-bond acceptors (Lipinski definition) is 3. The number of benzene rings is 1. The van der Waals surface area contributed by atoms with E-state index in [1.54, 1.807) is 12.1 Å². The van der Waals surface area contributed by atoms with Crippen LogP contribution in [0.3, 0.4) is 0 Å². The monoisotopic (exact) mass is 276 g/mol. The molecule has 0 saturated carbocycles. The molecular formula is C15H20N2O3. The molecule has 2 rings (SSSR count). The van der Waals surface area contributed by atoms with Gasteiger partial charge in [-0.1, -0.05) is 13.8 Å². The lowest BCUT2D eigenvalue weighted by Crippen LogP contribution is -2.39. The number of carbonyl (C=O) groups excluding carboxylic acids is 1. The van der Waals surface area contributed by atoms with E-state index in [1.807, 2.05) is 26.0 Å². The quantitative estimate of drug-likeness (QED) is 0.877. The molecule has 0 aromatic heterocycles. The molecule has 1 aliphatic rings. The maximum atomic E-state index is 11.6. The van der Waals surface area contributed by atoms with Gasteiger partial charge in [0.2, 0.25) is 5.91 Å². The lowest BCUT2D eigenvalue weighted by Gasteiger charge is -2.29. The third kappa shape index (κ3) is 2.35. The summed E-state index contributed by atoms with van der Waals surface area (Å²) in [5.41, 5.74) is 5.91. The molecular weight excluding hydrogens is 256 g/mol. The van der Waals surface area contributed by atoms with Crippen molar-refractivity contribution in [1.82, 2.24) is 0 Å². The number of amides is 1. The molecule has 5 nitrogen and oxygen atoms in total. The number of carboxylic acids is 1. The van der Waals surface area contributed by atoms with Crippen LogP contribution in [0.25, 0.3) is 0 Å². The van der Waals surface area contributed by atoms with E-state index in [2.05, 4.69) is 4.90 Å². The Kier molecular flexibility index (Phi) is 3.70. The van der Waals surface area contributed by atoms with E-state index in [0.29, 0.717) is 25.1 Å². The van der Waals surface area contributed by atoms with Crippen molar-refractivity contribution in [2.75, 3.05) is 18.0 Å². The van der Waals surface area contributed by atoms with E-state index in [0.717, 1.165) is 5.69 Å². The Labute approximate surface area is 118 Å². The zero-order chi connectivity index (χ0) is 14.9. The van der Waals surface area contributed by atoms with Gasteiger partial charge in [0.05, 0.1) is 5.41 Å². The molecule has 0 aliphatic carbocycles. The topological polar surface area (TPSA) is 83.6 Å². The first-order chi connectivity index (χ1) is 9.36. The molecule has 5 heteroatoms. The van der Waals surface area contributed by atoms with Crippen molar-refractivity contribution in [3.63, 3.8) is 0 Å². The summed E-state index contributed by atoms with van der Waals surface area (Å²) in [6.45, 7) is 5.11. The normalized spacial score (nSPS) is 22.2. The molecule has 108 valence electrons. The minimum Gasteiger partial charge on any atom is -0.481 e. The van der Waals surface area contributed by atoms with Crippen LogP contribution in [0.4, 0.5) is 5.69 Å². The van der Waals surface area contributed by atoms with Gasteiger partial charge in [0.15, 0.2) is 0 Å². The first kappa shape index (κ1) is 14.4. The molecule has 0 spiro atoms. The van der Waals surface area contributed by atoms with E-state index < -0.39 is 17.3 Å². The second-order valence-electron chi connectivity index (χ2n) is 5.70. The van der Waals surface area contributed by atoms with Gasteiger partial charge in [-0.3, -0.25) is 9.59 Å². The van der Waals surface area contributed by atoms with Gasteiger partial charge < -0.3 is 15.7 Å². The summed E-state index contributed by atoms with van der Waals surface area (Å²) in [5, 5.41) is 9.53. The molecule has 0 bridgehead atoms. The molecule has 1 aliphatic heterocycles. The third-order valence-corrected chi connectivity index (χ3v) is 4.35. The fourth-order valence-corrected chi connectivity index (χ4v) is 2.78. The summed E-state index contributed by atoms with van der Waals surface area (Å²) >= 11 is 0. The number of carbonyl (C=O) groups is 2. The SMILES string of the molecule is CC(C)C1(C(=O)O)CCN(c2ccc(C(N)=O)cc2)C1. The smallest absolute Gasteiger partial charge is 0.311 e. The van der Waals surface area contributed by atoms with Gasteiger partial charge >= 0.3 is 5.97 Å². The van der Waals surface area contributed by atoms with Crippen LogP contribution in [0.15, 0.2) is 24.3 Å². The lowest BCUT2D eigenvalue weighted by atomic mass is 9.76. The van der Waals surface area contributed by atoms with Crippen LogP contribution >= 0.6 is 0 Å². The van der Waals surface area contributed by atoms with Crippen LogP contribution in [-0.4, -0.2) is 30.1 Å². The van der Waals surface area contributed by atoms with E-state index in [-0.39, 0.29) is 5.92 Å². The third-order valence-electron chi connectivity index (χ3n) is 4.35. The largest absolute Gasteiger partial charge is 0.481 e. The number of nitrogens with two attached hydrogens (primary N) is 1. The van der Waals surface area contributed by atoms with Gasteiger partial charge in [0, 0.05) is 24.3 Å². The second kappa shape index (κ2) is 5.15. The Balaban J connectivity index is 2.20. The minimum absolute atomic E-state index is 0.0786. The second-order valence-corrected chi connectivity index (χ2v) is 5.70. The molecule has 20 heavy (non-hydrogen) atoms. The van der Waals surface area contributed by atoms with Crippen LogP contribution in [0.2, 0.25) is 0 Å². The summed E-state index contributed by atoms with van der Waals surface area (Å²) in [4.78, 5) is 24.7. The number of aliphatic carboxylic acids is 1. The first-order valence-corrected chi connectivity index (χ1v) is 6.75. The number of hydrogen-bond donors (Lipinski definition) is 2. The van der Waals surface area contributed by atoms with Crippen molar-refractivity contribution in [3.8, 4) is 0 Å². The highest BCUT2D eigenvalue weighted by Gasteiger charge is 2.47. The van der Waals surface area contributed by atoms with Crippen molar-refractivity contribution in [2.45, 2.75) is 20.3 Å². The van der Waals surface area contributed by atoms with Crippen LogP contribution < -0.4 is 10.6 Å². The van der Waals surface area contributed by atoms with Crippen molar-refractivity contribution in [2.24, 2.45) is 17.1 Å². The van der Waals surface area contributed by atoms with E-state index in [1.165, 1.54) is 0 Å². The van der Waals surface area contributed by atoms with E-state index >= 15 is 0 Å². The zero-order valence-electron chi connectivity index (χ0n) is 11.8. The molecule has 0 radical (unpaired) electrons. The van der Waals surface area contributed by atoms with Gasteiger partial charge in [0.25, 0.3) is 0 Å². The van der Waals surface area contributed by atoms with E-state index in [9.17, 15) is 14.7 Å². The number of rotatable bonds is 4. The van der Waals surface area contributed by atoms with Crippen LogP contribution in [0.5, 0.6) is 0 Å². The van der Waals surface area contributed by atoms with Crippen LogP contribution in [0, 0.1) is 11.3 Å². The fourth-order valence-electron chi connectivity index (χ4n) is 2.78. The average molecular weight is 276 g/mol. The number of anilines is 1. The Morgan fingerprint density at radius 2 is 1.90 bits per heavy atom. The first-order valence-electron chi connectivity index (χ1n) is 6.75. The molecule has 1 saturated heterocycles. The Morgan fingerprint density at radius 3 is 2.30 bits per heavy atom. The Bertz CT molecular complexity index is 524. The maximum Gasteiger partial charge on any atom is 0.311 e. The van der Waals surface area contributed by atoms with Gasteiger partial charge in [-0.2, -0.15) is 0 Å². The lowest BCUT2D eigenvalue weighted by molar-refractivity contribution is -0.150. The maximum absolute atomic E-state index is 11.6. The predicted octanol–water partition coefficient (Wildman–Crippen LogP) is 1.72. The summed E-state index contributed by atoms with van der Waals surface area (Å²) in [6.07, 6.45) is 0.636. The standard InChI is InChI=1S/C15H20N2O3/c1-10(2)15(14(19)20)7-8-17(9-15)12-5-3-11(4-6-12)13(16)18/h3-6,10H,7-9H2,1-2H3,(H2,16,18)(H,19,20). The van der Waals surface area contributed by atoms with Crippen molar-refractivity contribution in [1.29, 1.82) is 0 Å². The van der Waals surface area contributed by atoms with Crippen molar-refractivity contribution >= 4 is 17.6 Å². The summed E-state index contributed by atoms with van der Waals surface area (Å²) < 4.78 is 0. The summed E-state index contributed by atoms with van der Waals surface area (Å²) in [6, 6.07) is 6.98. The van der Waals surface area contributed by atoms with Gasteiger partial charge in [-0.25, -0.2) is 0 Å². The van der Waals surface area contributed by atoms with Gasteiger partial charge in [0.1, 0.15) is 0 Å². The number of nitrogens with zero attached hydrogens (tertiary/aromatic N) is 1. The van der Waals surface area contributed by atoms with Crippen LogP contribution in [-0.2, 0) is 4.79 Å². The van der Waals surface area contributed by atoms with Crippen molar-refractivity contribution < 1.29 is 14.7 Å². The molecule has 3 N–H and O–H groups in total. The highest BCUT2D eigenvalue weighted by molar-refractivity contribution is 5.93. The molecule has 1 amide bonds. The van der Waals surface area contributed by atoms with Crippen molar-refractivity contribution in [3.05, 3.63) is 29.8 Å². The fraction of sp³-hybridized carbons (Fsp3) is 0.467. The summed E-state index contributed by atoms with van der Waals surface area (Å²) in [7, 11) is 0. The summed E-state index contributed by atoms with van der Waals surface area (Å²) in [5.74, 6) is -1.11. The molecule has 1 aromatic rings. The van der Waals surface area contributed by atoms with Gasteiger partial charge in [-0.05, 0) is 36.6 Å². The number of carboxylic acid groups (broad SMARTS) is 1. The highest BCUT2D eigenvalue weighted by atomic mass is 16.4. The minimum atomic E-state index is -0.733. The van der Waals surface area contributed by atoms with Crippen LogP contribution in [0.1, 0.15) is 30.6 Å².